The van der Waals surface area contributed by atoms with Crippen LogP contribution in [0.5, 0.6) is 0 Å². The number of aromatic nitrogens is 1. The maximum Gasteiger partial charge on any atom is 0.165 e. The quantitative estimate of drug-likeness (QED) is 0.505. The topological polar surface area (TPSA) is 61.7 Å². The van der Waals surface area contributed by atoms with E-state index >= 15 is 0 Å². The van der Waals surface area contributed by atoms with E-state index in [4.69, 9.17) is 23.2 Å². The fourth-order valence-electron chi connectivity index (χ4n) is 2.31. The number of thioether (sulfide) groups is 1. The summed E-state index contributed by atoms with van der Waals surface area (Å²) in [5.74, 6) is 0.468. The van der Waals surface area contributed by atoms with E-state index in [-0.39, 0.29) is 0 Å². The van der Waals surface area contributed by atoms with E-state index < -0.39 is 0 Å². The van der Waals surface area contributed by atoms with Gasteiger partial charge in [-0.2, -0.15) is 5.10 Å². The summed E-state index contributed by atoms with van der Waals surface area (Å²) in [5.41, 5.74) is 5.71. The van der Waals surface area contributed by atoms with Crippen LogP contribution in [0.4, 0.5) is 11.5 Å². The van der Waals surface area contributed by atoms with Gasteiger partial charge in [0.15, 0.2) is 11.0 Å². The van der Waals surface area contributed by atoms with Crippen LogP contribution in [-0.2, 0) is 0 Å². The van der Waals surface area contributed by atoms with Gasteiger partial charge in [-0.1, -0.05) is 54.0 Å². The molecule has 1 aromatic heterocycles. The molecule has 8 heteroatoms. The second-order valence-electron chi connectivity index (χ2n) is 5.79. The Morgan fingerprint density at radius 3 is 2.73 bits per heavy atom. The van der Waals surface area contributed by atoms with E-state index in [0.717, 1.165) is 35.1 Å². The van der Waals surface area contributed by atoms with E-state index in [1.165, 1.54) is 6.20 Å². The van der Waals surface area contributed by atoms with Gasteiger partial charge in [-0.15, -0.1) is 0 Å². The summed E-state index contributed by atoms with van der Waals surface area (Å²) in [4.78, 5) is 8.64. The molecule has 0 bridgehead atoms. The molecule has 3 rings (SSSR count). The Morgan fingerprint density at radius 1 is 1.31 bits per heavy atom. The monoisotopic (exact) mass is 407 g/mol. The number of anilines is 2. The van der Waals surface area contributed by atoms with Crippen molar-refractivity contribution < 1.29 is 0 Å². The predicted octanol–water partition coefficient (Wildman–Crippen LogP) is 5.52. The largest absolute Gasteiger partial charge is 0.335 e. The number of hydrogen-bond acceptors (Lipinski definition) is 6. The molecule has 1 aliphatic heterocycles. The first-order valence-corrected chi connectivity index (χ1v) is 9.88. The van der Waals surface area contributed by atoms with E-state index in [1.54, 1.807) is 17.8 Å². The molecule has 136 valence electrons. The van der Waals surface area contributed by atoms with Crippen LogP contribution in [-0.4, -0.2) is 27.7 Å². The first-order chi connectivity index (χ1) is 12.5. The van der Waals surface area contributed by atoms with Crippen LogP contribution in [0.3, 0.4) is 0 Å². The van der Waals surface area contributed by atoms with Gasteiger partial charge in [0, 0.05) is 17.1 Å². The molecule has 2 aromatic rings. The molecule has 2 N–H and O–H groups in total. The molecular formula is C18H19Cl2N5S. The van der Waals surface area contributed by atoms with Crippen LogP contribution in [0.15, 0.2) is 46.6 Å². The van der Waals surface area contributed by atoms with Crippen LogP contribution < -0.4 is 10.7 Å². The molecule has 0 saturated carbocycles. The van der Waals surface area contributed by atoms with Crippen molar-refractivity contribution in [2.24, 2.45) is 10.1 Å². The van der Waals surface area contributed by atoms with Crippen LogP contribution in [0.2, 0.25) is 10.0 Å². The molecule has 26 heavy (non-hydrogen) atoms. The van der Waals surface area contributed by atoms with Gasteiger partial charge in [0.25, 0.3) is 0 Å². The van der Waals surface area contributed by atoms with Crippen LogP contribution >= 0.6 is 35.0 Å². The lowest BCUT2D eigenvalue weighted by Gasteiger charge is -2.08. The Hall–Kier alpha value is -1.76. The first kappa shape index (κ1) is 19.0. The minimum absolute atomic E-state index is 0.425. The molecule has 0 amide bonds. The third-order valence-corrected chi connectivity index (χ3v) is 5.63. The van der Waals surface area contributed by atoms with Gasteiger partial charge in [0.2, 0.25) is 0 Å². The SMILES string of the molecule is CC[C@H]1CN=C(Nc2ccc(/C(C)=N\Nc3ncc(Cl)cc3Cl)cc2)S1. The summed E-state index contributed by atoms with van der Waals surface area (Å²) in [7, 11) is 0. The van der Waals surface area contributed by atoms with E-state index in [0.29, 0.717) is 21.1 Å². The number of hydrazone groups is 1. The average molecular weight is 408 g/mol. The summed E-state index contributed by atoms with van der Waals surface area (Å²) >= 11 is 13.7. The Labute approximate surface area is 167 Å². The molecule has 5 nitrogen and oxygen atoms in total. The Balaban J connectivity index is 1.62. The van der Waals surface area contributed by atoms with Gasteiger partial charge in [0.1, 0.15) is 0 Å². The molecule has 1 aromatic carbocycles. The van der Waals surface area contributed by atoms with Gasteiger partial charge in [-0.05, 0) is 37.1 Å². The minimum atomic E-state index is 0.425. The van der Waals surface area contributed by atoms with Crippen molar-refractivity contribution in [1.82, 2.24) is 4.98 Å². The number of rotatable bonds is 5. The Morgan fingerprint density at radius 2 is 2.08 bits per heavy atom. The van der Waals surface area contributed by atoms with E-state index in [1.807, 2.05) is 31.2 Å². The molecule has 0 aliphatic carbocycles. The Kier molecular flexibility index (Phi) is 6.40. The number of amidine groups is 1. The fraction of sp³-hybridized carbons (Fsp3) is 0.278. The lowest BCUT2D eigenvalue weighted by Crippen LogP contribution is -2.07. The molecule has 0 radical (unpaired) electrons. The van der Waals surface area contributed by atoms with Gasteiger partial charge in [-0.3, -0.25) is 10.4 Å². The maximum absolute atomic E-state index is 6.08. The molecule has 0 spiro atoms. The number of pyridine rings is 1. The van der Waals surface area contributed by atoms with Crippen LogP contribution in [0, 0.1) is 0 Å². The third kappa shape index (κ3) is 4.90. The van der Waals surface area contributed by atoms with Crippen LogP contribution in [0.1, 0.15) is 25.8 Å². The lowest BCUT2D eigenvalue weighted by atomic mass is 10.1. The molecule has 0 unspecified atom stereocenters. The molecular weight excluding hydrogens is 389 g/mol. The molecule has 0 fully saturated rings. The zero-order valence-corrected chi connectivity index (χ0v) is 16.8. The van der Waals surface area contributed by atoms with Crippen molar-refractivity contribution in [2.45, 2.75) is 25.5 Å². The summed E-state index contributed by atoms with van der Waals surface area (Å²) < 4.78 is 0. The number of aliphatic imine (C=N–C) groups is 1. The second-order valence-corrected chi connectivity index (χ2v) is 7.92. The molecule has 1 aliphatic rings. The summed E-state index contributed by atoms with van der Waals surface area (Å²) in [5, 5.41) is 10.2. The third-order valence-electron chi connectivity index (χ3n) is 3.86. The fourth-order valence-corrected chi connectivity index (χ4v) is 3.69. The maximum atomic E-state index is 6.08. The summed E-state index contributed by atoms with van der Waals surface area (Å²) in [6.07, 6.45) is 2.65. The van der Waals surface area contributed by atoms with Crippen molar-refractivity contribution in [3.8, 4) is 0 Å². The van der Waals surface area contributed by atoms with Crippen molar-refractivity contribution >= 4 is 57.3 Å². The van der Waals surface area contributed by atoms with Gasteiger partial charge < -0.3 is 5.32 Å². The van der Waals surface area contributed by atoms with Crippen molar-refractivity contribution in [3.63, 3.8) is 0 Å². The van der Waals surface area contributed by atoms with E-state index in [9.17, 15) is 0 Å². The first-order valence-electron chi connectivity index (χ1n) is 8.25. The van der Waals surface area contributed by atoms with Crippen LogP contribution in [0.25, 0.3) is 0 Å². The number of nitrogens with one attached hydrogen (secondary N) is 2. The zero-order valence-electron chi connectivity index (χ0n) is 14.5. The second kappa shape index (κ2) is 8.75. The normalized spacial score (nSPS) is 17.2. The number of hydrogen-bond donors (Lipinski definition) is 2. The Bertz CT molecular complexity index is 836. The summed E-state index contributed by atoms with van der Waals surface area (Å²) in [6.45, 7) is 5.00. The highest BCUT2D eigenvalue weighted by molar-refractivity contribution is 8.15. The smallest absolute Gasteiger partial charge is 0.165 e. The van der Waals surface area contributed by atoms with Gasteiger partial charge in [-0.25, -0.2) is 4.98 Å². The summed E-state index contributed by atoms with van der Waals surface area (Å²) in [6, 6.07) is 9.68. The average Bonchev–Trinajstić information content (AvgIpc) is 3.09. The lowest BCUT2D eigenvalue weighted by molar-refractivity contribution is 0.843. The minimum Gasteiger partial charge on any atom is -0.335 e. The molecule has 1 atom stereocenters. The number of nitrogens with zero attached hydrogens (tertiary/aromatic N) is 3. The number of benzene rings is 1. The zero-order chi connectivity index (χ0) is 18.5. The van der Waals surface area contributed by atoms with Gasteiger partial charge >= 0.3 is 0 Å². The van der Waals surface area contributed by atoms with Gasteiger partial charge in [0.05, 0.1) is 22.3 Å². The molecule has 2 heterocycles. The van der Waals surface area contributed by atoms with Crippen molar-refractivity contribution in [1.29, 1.82) is 0 Å². The molecule has 0 saturated heterocycles. The predicted molar refractivity (Wildman–Crippen MR) is 114 cm³/mol. The van der Waals surface area contributed by atoms with Crippen molar-refractivity contribution in [2.75, 3.05) is 17.3 Å². The highest BCUT2D eigenvalue weighted by Gasteiger charge is 2.17. The van der Waals surface area contributed by atoms with E-state index in [2.05, 4.69) is 32.7 Å². The van der Waals surface area contributed by atoms with Crippen molar-refractivity contribution in [3.05, 3.63) is 52.1 Å². The standard InChI is InChI=1S/C18H19Cl2N5S/c1-3-15-10-22-18(26-15)23-14-6-4-12(5-7-14)11(2)24-25-17-16(20)8-13(19)9-21-17/h4-9,15H,3,10H2,1-2H3,(H,21,25)(H,22,23)/b24-11-/t15-/m0/s1. The highest BCUT2D eigenvalue weighted by Crippen LogP contribution is 2.25. The number of halogens is 2. The highest BCUT2D eigenvalue weighted by atomic mass is 35.5.